The zero-order chi connectivity index (χ0) is 13.3. The first-order chi connectivity index (χ1) is 8.49. The predicted octanol–water partition coefficient (Wildman–Crippen LogP) is 2.74. The summed E-state index contributed by atoms with van der Waals surface area (Å²) in [6.07, 6.45) is 2.05. The van der Waals surface area contributed by atoms with Crippen LogP contribution in [0.4, 0.5) is 5.69 Å². The first kappa shape index (κ1) is 13.0. The van der Waals surface area contributed by atoms with Gasteiger partial charge in [0.25, 0.3) is 5.69 Å². The van der Waals surface area contributed by atoms with E-state index in [0.29, 0.717) is 16.1 Å². The third kappa shape index (κ3) is 2.87. The molecule has 0 spiro atoms. The highest BCUT2D eigenvalue weighted by Crippen LogP contribution is 2.29. The number of nitrogens with zero attached hydrogens (tertiary/aromatic N) is 1. The maximum Gasteiger partial charge on any atom is 0.283 e. The molecular weight excluding hydrogens is 300 g/mol. The summed E-state index contributed by atoms with van der Waals surface area (Å²) in [5, 5.41) is 13.7. The van der Waals surface area contributed by atoms with E-state index in [-0.39, 0.29) is 17.5 Å². The van der Waals surface area contributed by atoms with Gasteiger partial charge in [0.1, 0.15) is 0 Å². The topological polar surface area (TPSA) is 72.2 Å². The van der Waals surface area contributed by atoms with Gasteiger partial charge < -0.3 is 5.32 Å². The molecule has 1 aliphatic rings. The summed E-state index contributed by atoms with van der Waals surface area (Å²) in [4.78, 5) is 22.2. The summed E-state index contributed by atoms with van der Waals surface area (Å²) in [5.74, 6) is -0.452. The maximum atomic E-state index is 11.9. The largest absolute Gasteiger partial charge is 0.353 e. The lowest BCUT2D eigenvalue weighted by Crippen LogP contribution is -2.29. The minimum absolute atomic E-state index is 0.0152. The van der Waals surface area contributed by atoms with Crippen molar-refractivity contribution in [2.45, 2.75) is 31.7 Å². The lowest BCUT2D eigenvalue weighted by molar-refractivity contribution is -0.385. The molecule has 1 aliphatic carbocycles. The highest BCUT2D eigenvalue weighted by Gasteiger charge is 2.27. The monoisotopic (exact) mass is 312 g/mol. The minimum atomic E-state index is -0.459. The summed E-state index contributed by atoms with van der Waals surface area (Å²) in [5.41, 5.74) is 0.640. The number of amides is 1. The van der Waals surface area contributed by atoms with Gasteiger partial charge >= 0.3 is 0 Å². The van der Waals surface area contributed by atoms with Gasteiger partial charge in [0.05, 0.1) is 15.3 Å². The number of halogens is 1. The fourth-order valence-corrected chi connectivity index (χ4v) is 2.04. The van der Waals surface area contributed by atoms with Crippen LogP contribution in [0, 0.1) is 10.1 Å². The van der Waals surface area contributed by atoms with Gasteiger partial charge in [0.2, 0.25) is 5.91 Å². The second-order valence-corrected chi connectivity index (χ2v) is 5.33. The Morgan fingerprint density at radius 1 is 1.56 bits per heavy atom. The SMILES string of the molecule is CC(C(=O)NC1CC1)c1ccc(Br)c([N+](=O)[O-])c1. The van der Waals surface area contributed by atoms with Gasteiger partial charge in [0.15, 0.2) is 0 Å². The number of nitro groups is 1. The van der Waals surface area contributed by atoms with Crippen LogP contribution in [-0.2, 0) is 4.79 Å². The molecule has 0 bridgehead atoms. The Hall–Kier alpha value is -1.43. The van der Waals surface area contributed by atoms with Crippen LogP contribution in [0.2, 0.25) is 0 Å². The summed E-state index contributed by atoms with van der Waals surface area (Å²) in [6.45, 7) is 1.75. The normalized spacial score (nSPS) is 16.1. The number of benzene rings is 1. The van der Waals surface area contributed by atoms with E-state index in [4.69, 9.17) is 0 Å². The molecule has 96 valence electrons. The van der Waals surface area contributed by atoms with Crippen molar-refractivity contribution in [2.24, 2.45) is 0 Å². The molecule has 0 aromatic heterocycles. The Bertz CT molecular complexity index is 500. The van der Waals surface area contributed by atoms with Gasteiger partial charge in [0, 0.05) is 12.1 Å². The second kappa shape index (κ2) is 5.06. The molecule has 6 heteroatoms. The van der Waals surface area contributed by atoms with Crippen LogP contribution < -0.4 is 5.32 Å². The van der Waals surface area contributed by atoms with Crippen molar-refractivity contribution in [1.82, 2.24) is 5.32 Å². The van der Waals surface area contributed by atoms with Gasteiger partial charge in [-0.25, -0.2) is 0 Å². The zero-order valence-corrected chi connectivity index (χ0v) is 11.4. The highest BCUT2D eigenvalue weighted by molar-refractivity contribution is 9.10. The van der Waals surface area contributed by atoms with E-state index in [9.17, 15) is 14.9 Å². The Morgan fingerprint density at radius 2 is 2.22 bits per heavy atom. The van der Waals surface area contributed by atoms with Crippen molar-refractivity contribution in [3.63, 3.8) is 0 Å². The zero-order valence-electron chi connectivity index (χ0n) is 9.85. The Kier molecular flexibility index (Phi) is 3.65. The van der Waals surface area contributed by atoms with E-state index in [1.165, 1.54) is 6.07 Å². The molecule has 1 fully saturated rings. The standard InChI is InChI=1S/C12H13BrN2O3/c1-7(12(16)14-9-3-4-9)8-2-5-10(13)11(6-8)15(17)18/h2,5-7,9H,3-4H2,1H3,(H,14,16). The molecule has 0 heterocycles. The minimum Gasteiger partial charge on any atom is -0.353 e. The molecule has 1 aromatic carbocycles. The van der Waals surface area contributed by atoms with Crippen LogP contribution in [0.5, 0.6) is 0 Å². The molecule has 2 rings (SSSR count). The maximum absolute atomic E-state index is 11.9. The third-order valence-corrected chi connectivity index (χ3v) is 3.65. The van der Waals surface area contributed by atoms with Crippen LogP contribution >= 0.6 is 15.9 Å². The van der Waals surface area contributed by atoms with Crippen LogP contribution in [0.25, 0.3) is 0 Å². The van der Waals surface area contributed by atoms with Gasteiger partial charge in [-0.1, -0.05) is 6.07 Å². The number of carbonyl (C=O) groups is 1. The highest BCUT2D eigenvalue weighted by atomic mass is 79.9. The van der Waals surface area contributed by atoms with Gasteiger partial charge in [-0.2, -0.15) is 0 Å². The molecule has 18 heavy (non-hydrogen) atoms. The Labute approximate surface area is 113 Å². The van der Waals surface area contributed by atoms with Crippen LogP contribution in [0.1, 0.15) is 31.2 Å². The molecule has 0 saturated heterocycles. The average Bonchev–Trinajstić information content (AvgIpc) is 3.12. The molecule has 1 atom stereocenters. The fraction of sp³-hybridized carbons (Fsp3) is 0.417. The predicted molar refractivity (Wildman–Crippen MR) is 70.4 cm³/mol. The first-order valence-electron chi connectivity index (χ1n) is 5.73. The lowest BCUT2D eigenvalue weighted by atomic mass is 10.00. The third-order valence-electron chi connectivity index (χ3n) is 2.98. The van der Waals surface area contributed by atoms with Gasteiger partial charge in [-0.3, -0.25) is 14.9 Å². The molecule has 5 nitrogen and oxygen atoms in total. The second-order valence-electron chi connectivity index (χ2n) is 4.47. The van der Waals surface area contributed by atoms with E-state index in [2.05, 4.69) is 21.2 Å². The van der Waals surface area contributed by atoms with E-state index < -0.39 is 4.92 Å². The summed E-state index contributed by atoms with van der Waals surface area (Å²) < 4.78 is 0.422. The number of nitro benzene ring substituents is 1. The Balaban J connectivity index is 2.18. The molecule has 0 aliphatic heterocycles. The van der Waals surface area contributed by atoms with Crippen LogP contribution in [0.3, 0.4) is 0 Å². The fourth-order valence-electron chi connectivity index (χ4n) is 1.64. The number of rotatable bonds is 4. The van der Waals surface area contributed by atoms with Crippen molar-refractivity contribution in [3.8, 4) is 0 Å². The summed E-state index contributed by atoms with van der Waals surface area (Å²) in [6, 6.07) is 5.08. The van der Waals surface area contributed by atoms with E-state index >= 15 is 0 Å². The number of carbonyl (C=O) groups excluding carboxylic acids is 1. The molecule has 0 radical (unpaired) electrons. The molecule has 1 amide bonds. The first-order valence-corrected chi connectivity index (χ1v) is 6.52. The van der Waals surface area contributed by atoms with Crippen molar-refractivity contribution >= 4 is 27.5 Å². The smallest absolute Gasteiger partial charge is 0.283 e. The van der Waals surface area contributed by atoms with Crippen molar-refractivity contribution in [1.29, 1.82) is 0 Å². The van der Waals surface area contributed by atoms with E-state index in [1.54, 1.807) is 19.1 Å². The summed E-state index contributed by atoms with van der Waals surface area (Å²) >= 11 is 3.13. The van der Waals surface area contributed by atoms with E-state index in [1.807, 2.05) is 0 Å². The number of hydrogen-bond acceptors (Lipinski definition) is 3. The molecule has 1 unspecified atom stereocenters. The van der Waals surface area contributed by atoms with Crippen LogP contribution in [-0.4, -0.2) is 16.9 Å². The molecular formula is C12H13BrN2O3. The van der Waals surface area contributed by atoms with Crippen LogP contribution in [0.15, 0.2) is 22.7 Å². The summed E-state index contributed by atoms with van der Waals surface area (Å²) in [7, 11) is 0. The molecule has 1 saturated carbocycles. The van der Waals surface area contributed by atoms with Gasteiger partial charge in [-0.15, -0.1) is 0 Å². The number of hydrogen-bond donors (Lipinski definition) is 1. The van der Waals surface area contributed by atoms with E-state index in [0.717, 1.165) is 12.8 Å². The molecule has 1 N–H and O–H groups in total. The van der Waals surface area contributed by atoms with Crippen molar-refractivity contribution in [3.05, 3.63) is 38.3 Å². The molecule has 1 aromatic rings. The quantitative estimate of drug-likeness (QED) is 0.686. The average molecular weight is 313 g/mol. The number of nitrogens with one attached hydrogen (secondary N) is 1. The van der Waals surface area contributed by atoms with Crippen molar-refractivity contribution in [2.75, 3.05) is 0 Å². The van der Waals surface area contributed by atoms with Crippen molar-refractivity contribution < 1.29 is 9.72 Å². The lowest BCUT2D eigenvalue weighted by Gasteiger charge is -2.12. The van der Waals surface area contributed by atoms with Gasteiger partial charge in [-0.05, 0) is 47.3 Å². The Morgan fingerprint density at radius 3 is 2.78 bits per heavy atom.